The number of sulfone groups is 1. The van der Waals surface area contributed by atoms with E-state index >= 15 is 0 Å². The number of rotatable bonds is 3. The Hall–Kier alpha value is -1.10. The minimum absolute atomic E-state index is 0.0582. The highest BCUT2D eigenvalue weighted by atomic mass is 32.2. The molecule has 2 atom stereocenters. The fourth-order valence-corrected chi connectivity index (χ4v) is 4.99. The largest absolute Gasteiger partial charge is 0.480 e. The van der Waals surface area contributed by atoms with Crippen LogP contribution in [0.4, 0.5) is 0 Å². The van der Waals surface area contributed by atoms with E-state index in [0.29, 0.717) is 19.6 Å². The van der Waals surface area contributed by atoms with E-state index < -0.39 is 15.8 Å². The molecule has 2 aliphatic heterocycles. The molecule has 0 bridgehead atoms. The fourth-order valence-electron chi connectivity index (χ4n) is 2.95. The van der Waals surface area contributed by atoms with Crippen molar-refractivity contribution >= 4 is 15.8 Å². The van der Waals surface area contributed by atoms with Crippen LogP contribution in [0.5, 0.6) is 0 Å². The molecular formula is C13H20N2O4S. The Balaban J connectivity index is 2.13. The van der Waals surface area contributed by atoms with Gasteiger partial charge in [-0.3, -0.25) is 14.6 Å². The maximum atomic E-state index is 11.9. The summed E-state index contributed by atoms with van der Waals surface area (Å²) in [5.74, 6) is 5.30. The van der Waals surface area contributed by atoms with Gasteiger partial charge in [0.05, 0.1) is 24.6 Å². The molecule has 0 amide bonds. The molecule has 2 saturated heterocycles. The van der Waals surface area contributed by atoms with Gasteiger partial charge in [-0.05, 0) is 0 Å². The van der Waals surface area contributed by atoms with Crippen molar-refractivity contribution < 1.29 is 18.3 Å². The summed E-state index contributed by atoms with van der Waals surface area (Å²) in [7, 11) is -3.09. The smallest absolute Gasteiger partial charge is 0.317 e. The van der Waals surface area contributed by atoms with Crippen molar-refractivity contribution in [1.29, 1.82) is 0 Å². The second kappa shape index (κ2) is 6.12. The first-order valence-corrected chi connectivity index (χ1v) is 8.61. The SMILES string of the molecule is CCC#CCN1CCN(CC(=O)O)C2CS(=O)(=O)CC21. The van der Waals surface area contributed by atoms with E-state index in [1.54, 1.807) is 4.90 Å². The molecule has 0 aromatic carbocycles. The fraction of sp³-hybridized carbons (Fsp3) is 0.769. The highest BCUT2D eigenvalue weighted by Gasteiger charge is 2.46. The molecule has 1 N–H and O–H groups in total. The summed E-state index contributed by atoms with van der Waals surface area (Å²) in [5.41, 5.74) is 0. The van der Waals surface area contributed by atoms with Crippen LogP contribution >= 0.6 is 0 Å². The van der Waals surface area contributed by atoms with Crippen molar-refractivity contribution in [2.75, 3.05) is 37.7 Å². The Morgan fingerprint density at radius 3 is 2.40 bits per heavy atom. The topological polar surface area (TPSA) is 77.9 Å². The summed E-state index contributed by atoms with van der Waals surface area (Å²) in [4.78, 5) is 14.7. The number of aliphatic carboxylic acids is 1. The Morgan fingerprint density at radius 2 is 1.80 bits per heavy atom. The zero-order valence-corrected chi connectivity index (χ0v) is 12.4. The van der Waals surface area contributed by atoms with Crippen LogP contribution in [0, 0.1) is 11.8 Å². The molecule has 0 aromatic rings. The lowest BCUT2D eigenvalue weighted by atomic mass is 10.0. The molecule has 0 saturated carbocycles. The zero-order chi connectivity index (χ0) is 14.8. The first-order valence-electron chi connectivity index (χ1n) is 6.79. The number of carboxylic acids is 1. The van der Waals surface area contributed by atoms with Crippen LogP contribution in [-0.2, 0) is 14.6 Å². The van der Waals surface area contributed by atoms with Crippen molar-refractivity contribution in [3.05, 3.63) is 0 Å². The normalized spacial score (nSPS) is 29.4. The summed E-state index contributed by atoms with van der Waals surface area (Å²) in [5, 5.41) is 8.93. The molecule has 6 nitrogen and oxygen atoms in total. The van der Waals surface area contributed by atoms with Gasteiger partial charge in [0.25, 0.3) is 0 Å². The van der Waals surface area contributed by atoms with Gasteiger partial charge in [-0.2, -0.15) is 0 Å². The predicted octanol–water partition coefficient (Wildman–Crippen LogP) is -0.732. The molecule has 7 heteroatoms. The van der Waals surface area contributed by atoms with Crippen LogP contribution in [0.3, 0.4) is 0 Å². The summed E-state index contributed by atoms with van der Waals surface area (Å²) in [6.07, 6.45) is 0.783. The average Bonchev–Trinajstić information content (AvgIpc) is 2.67. The van der Waals surface area contributed by atoms with E-state index in [1.165, 1.54) is 0 Å². The summed E-state index contributed by atoms with van der Waals surface area (Å²) >= 11 is 0. The van der Waals surface area contributed by atoms with Gasteiger partial charge in [0.1, 0.15) is 0 Å². The highest BCUT2D eigenvalue weighted by molar-refractivity contribution is 7.91. The van der Waals surface area contributed by atoms with Crippen LogP contribution < -0.4 is 0 Å². The standard InChI is InChI=1S/C13H20N2O4S/c1-2-3-4-5-14-6-7-15(8-13(16)17)12-10-20(18,19)9-11(12)14/h11-12H,2,5-10H2,1H3,(H,16,17). The van der Waals surface area contributed by atoms with Gasteiger partial charge in [-0.15, -0.1) is 5.92 Å². The average molecular weight is 300 g/mol. The van der Waals surface area contributed by atoms with Crippen molar-refractivity contribution in [1.82, 2.24) is 9.80 Å². The van der Waals surface area contributed by atoms with Gasteiger partial charge in [0.15, 0.2) is 9.84 Å². The number of hydrogen-bond donors (Lipinski definition) is 1. The number of carbonyl (C=O) groups is 1. The van der Waals surface area contributed by atoms with Gasteiger partial charge in [-0.25, -0.2) is 8.42 Å². The van der Waals surface area contributed by atoms with Crippen LogP contribution in [0.25, 0.3) is 0 Å². The molecule has 2 unspecified atom stereocenters. The maximum absolute atomic E-state index is 11.9. The molecule has 20 heavy (non-hydrogen) atoms. The number of fused-ring (bicyclic) bond motifs is 1. The third kappa shape index (κ3) is 3.51. The molecule has 0 radical (unpaired) electrons. The Bertz CT molecular complexity index is 534. The predicted molar refractivity (Wildman–Crippen MR) is 75.1 cm³/mol. The van der Waals surface area contributed by atoms with Crippen molar-refractivity contribution in [2.24, 2.45) is 0 Å². The highest BCUT2D eigenvalue weighted by Crippen LogP contribution is 2.26. The summed E-state index contributed by atoms with van der Waals surface area (Å²) in [6, 6.07) is -0.340. The Kier molecular flexibility index (Phi) is 4.68. The van der Waals surface area contributed by atoms with Crippen molar-refractivity contribution in [3.63, 3.8) is 0 Å². The second-order valence-electron chi connectivity index (χ2n) is 5.25. The molecule has 112 valence electrons. The van der Waals surface area contributed by atoms with E-state index in [9.17, 15) is 13.2 Å². The third-order valence-corrected chi connectivity index (χ3v) is 5.53. The van der Waals surface area contributed by atoms with E-state index in [0.717, 1.165) is 6.42 Å². The molecule has 0 aromatic heterocycles. The second-order valence-corrected chi connectivity index (χ2v) is 7.41. The molecule has 0 spiro atoms. The van der Waals surface area contributed by atoms with Gasteiger partial charge in [0, 0.05) is 31.6 Å². The van der Waals surface area contributed by atoms with Crippen molar-refractivity contribution in [2.45, 2.75) is 25.4 Å². The Labute approximate surface area is 119 Å². The molecule has 2 aliphatic rings. The molecular weight excluding hydrogens is 280 g/mol. The Morgan fingerprint density at radius 1 is 1.20 bits per heavy atom. The zero-order valence-electron chi connectivity index (χ0n) is 11.6. The maximum Gasteiger partial charge on any atom is 0.317 e. The van der Waals surface area contributed by atoms with Crippen LogP contribution in [0.15, 0.2) is 0 Å². The van der Waals surface area contributed by atoms with E-state index in [4.69, 9.17) is 5.11 Å². The molecule has 2 rings (SSSR count). The van der Waals surface area contributed by atoms with Crippen LogP contribution in [0.1, 0.15) is 13.3 Å². The lowest BCUT2D eigenvalue weighted by Gasteiger charge is -2.42. The van der Waals surface area contributed by atoms with Crippen LogP contribution in [-0.4, -0.2) is 79.1 Å². The first kappa shape index (κ1) is 15.3. The van der Waals surface area contributed by atoms with E-state index in [1.807, 2.05) is 6.92 Å². The quantitative estimate of drug-likeness (QED) is 0.692. The lowest BCUT2D eigenvalue weighted by molar-refractivity contribution is -0.139. The minimum atomic E-state index is -3.09. The van der Waals surface area contributed by atoms with Crippen molar-refractivity contribution in [3.8, 4) is 11.8 Å². The lowest BCUT2D eigenvalue weighted by Crippen LogP contribution is -2.59. The van der Waals surface area contributed by atoms with E-state index in [-0.39, 0.29) is 30.1 Å². The molecule has 2 heterocycles. The summed E-state index contributed by atoms with van der Waals surface area (Å²) < 4.78 is 23.7. The first-order chi connectivity index (χ1) is 9.43. The van der Waals surface area contributed by atoms with Gasteiger partial charge < -0.3 is 5.11 Å². The van der Waals surface area contributed by atoms with Gasteiger partial charge >= 0.3 is 5.97 Å². The molecule has 2 fully saturated rings. The number of hydrogen-bond acceptors (Lipinski definition) is 5. The number of carboxylic acid groups (broad SMARTS) is 1. The minimum Gasteiger partial charge on any atom is -0.480 e. The molecule has 0 aliphatic carbocycles. The van der Waals surface area contributed by atoms with E-state index in [2.05, 4.69) is 16.7 Å². The number of nitrogens with zero attached hydrogens (tertiary/aromatic N) is 2. The summed E-state index contributed by atoms with van der Waals surface area (Å²) in [6.45, 7) is 3.69. The monoisotopic (exact) mass is 300 g/mol. The van der Waals surface area contributed by atoms with Crippen LogP contribution in [0.2, 0.25) is 0 Å². The third-order valence-electron chi connectivity index (χ3n) is 3.83. The number of piperazine rings is 1. The van der Waals surface area contributed by atoms with Gasteiger partial charge in [0.2, 0.25) is 0 Å². The van der Waals surface area contributed by atoms with Gasteiger partial charge in [-0.1, -0.05) is 12.8 Å².